The third-order valence-corrected chi connectivity index (χ3v) is 18.6. The molecule has 8 aromatic carbocycles. The Kier molecular flexibility index (Phi) is 8.04. The fourth-order valence-electron chi connectivity index (χ4n) is 16.2. The van der Waals surface area contributed by atoms with E-state index in [4.69, 9.17) is 0 Å². The van der Waals surface area contributed by atoms with Crippen molar-refractivity contribution in [1.82, 2.24) is 0 Å². The molecule has 3 aliphatic carbocycles. The molecule has 4 unspecified atom stereocenters. The molecule has 67 heavy (non-hydrogen) atoms. The van der Waals surface area contributed by atoms with Gasteiger partial charge < -0.3 is 9.80 Å². The van der Waals surface area contributed by atoms with Crippen molar-refractivity contribution in [1.29, 1.82) is 0 Å². The first kappa shape index (κ1) is 41.1. The van der Waals surface area contributed by atoms with Gasteiger partial charge in [-0.1, -0.05) is 152 Å². The van der Waals surface area contributed by atoms with Gasteiger partial charge in [0.15, 0.2) is 0 Å². The first-order chi connectivity index (χ1) is 31.9. The van der Waals surface area contributed by atoms with Crippen LogP contribution >= 0.6 is 0 Å². The standard InChI is InChI=1S/C65H64N2/c1-59(2)37-62(7)53-35-43(27-31-55(53)66(64(62,9)39-59)45-19-13-11-14-20-45)41-25-29-49-51(33-41)47-23-17-18-24-48(47)57-50-30-26-42(34-52(50)61(5,6)58(49)57)44-28-32-56-54(36-44)63(8)38-60(3,4)40-65(63,10)67(56)46-21-15-12-16-22-46/h11-36H,37-40H2,1-10H3. The van der Waals surface area contributed by atoms with Gasteiger partial charge in [0, 0.05) is 39.0 Å². The Morgan fingerprint density at radius 2 is 0.791 bits per heavy atom. The van der Waals surface area contributed by atoms with E-state index in [9.17, 15) is 0 Å². The average molecular weight is 873 g/mol. The summed E-state index contributed by atoms with van der Waals surface area (Å²) in [5.74, 6) is 0. The minimum Gasteiger partial charge on any atom is -0.334 e. The summed E-state index contributed by atoms with van der Waals surface area (Å²) in [5, 5.41) is 5.38. The number of anilines is 4. The van der Waals surface area contributed by atoms with E-state index in [1.807, 2.05) is 0 Å². The van der Waals surface area contributed by atoms with Gasteiger partial charge in [0.25, 0.3) is 0 Å². The Morgan fingerprint density at radius 1 is 0.358 bits per heavy atom. The van der Waals surface area contributed by atoms with Crippen molar-refractivity contribution in [2.24, 2.45) is 10.8 Å². The molecule has 5 aliphatic rings. The lowest BCUT2D eigenvalue weighted by Gasteiger charge is -2.42. The van der Waals surface area contributed by atoms with E-state index in [1.165, 1.54) is 113 Å². The third kappa shape index (κ3) is 5.28. The summed E-state index contributed by atoms with van der Waals surface area (Å²) < 4.78 is 0. The van der Waals surface area contributed by atoms with Gasteiger partial charge in [0.05, 0.1) is 11.1 Å². The minimum atomic E-state index is -0.200. The molecular weight excluding hydrogens is 809 g/mol. The van der Waals surface area contributed by atoms with Crippen molar-refractivity contribution in [2.45, 2.75) is 122 Å². The van der Waals surface area contributed by atoms with Gasteiger partial charge in [-0.05, 0) is 188 Å². The molecule has 0 aromatic heterocycles. The van der Waals surface area contributed by atoms with Crippen LogP contribution in [0.3, 0.4) is 0 Å². The Hall–Kier alpha value is -6.12. The zero-order chi connectivity index (χ0) is 46.3. The highest BCUT2D eigenvalue weighted by Gasteiger charge is 2.65. The fraction of sp³-hybridized carbons (Fsp3) is 0.323. The maximum atomic E-state index is 2.68. The second-order valence-corrected chi connectivity index (χ2v) is 24.5. The van der Waals surface area contributed by atoms with Crippen LogP contribution in [0.25, 0.3) is 54.9 Å². The van der Waals surface area contributed by atoms with E-state index in [0.717, 1.165) is 12.8 Å². The van der Waals surface area contributed by atoms with E-state index < -0.39 is 0 Å². The van der Waals surface area contributed by atoms with E-state index in [2.05, 4.69) is 237 Å². The lowest BCUT2D eigenvalue weighted by molar-refractivity contribution is 0.330. The molecule has 0 amide bonds. The summed E-state index contributed by atoms with van der Waals surface area (Å²) in [6, 6.07) is 60.9. The molecule has 0 saturated heterocycles. The highest BCUT2D eigenvalue weighted by molar-refractivity contribution is 6.19. The van der Waals surface area contributed by atoms with Gasteiger partial charge >= 0.3 is 0 Å². The number of fused-ring (bicyclic) bond motifs is 14. The highest BCUT2D eigenvalue weighted by atomic mass is 15.3. The largest absolute Gasteiger partial charge is 0.334 e. The van der Waals surface area contributed by atoms with E-state index in [0.29, 0.717) is 0 Å². The quantitative estimate of drug-likeness (QED) is 0.163. The molecule has 2 fully saturated rings. The van der Waals surface area contributed by atoms with Gasteiger partial charge in [-0.3, -0.25) is 0 Å². The van der Waals surface area contributed by atoms with Crippen molar-refractivity contribution in [3.63, 3.8) is 0 Å². The van der Waals surface area contributed by atoms with E-state index in [1.54, 1.807) is 0 Å². The molecule has 0 radical (unpaired) electrons. The van der Waals surface area contributed by atoms with Crippen LogP contribution in [0.4, 0.5) is 22.7 Å². The van der Waals surface area contributed by atoms with Crippen molar-refractivity contribution in [2.75, 3.05) is 9.80 Å². The van der Waals surface area contributed by atoms with Crippen LogP contribution in [0.5, 0.6) is 0 Å². The summed E-state index contributed by atoms with van der Waals surface area (Å²) in [6.45, 7) is 25.0. The molecule has 2 nitrogen and oxygen atoms in total. The Morgan fingerprint density at radius 3 is 1.31 bits per heavy atom. The average Bonchev–Trinajstić information content (AvgIpc) is 3.87. The lowest BCUT2D eigenvalue weighted by atomic mass is 9.71. The van der Waals surface area contributed by atoms with Gasteiger partial charge in [-0.2, -0.15) is 0 Å². The predicted molar refractivity (Wildman–Crippen MR) is 285 cm³/mol. The summed E-state index contributed by atoms with van der Waals surface area (Å²) in [5.41, 5.74) is 19.4. The van der Waals surface area contributed by atoms with Crippen molar-refractivity contribution < 1.29 is 0 Å². The molecule has 8 aromatic rings. The maximum absolute atomic E-state index is 2.68. The molecule has 2 aliphatic heterocycles. The van der Waals surface area contributed by atoms with Crippen LogP contribution in [-0.4, -0.2) is 11.1 Å². The first-order valence-corrected chi connectivity index (χ1v) is 25.0. The predicted octanol–water partition coefficient (Wildman–Crippen LogP) is 17.6. The first-order valence-electron chi connectivity index (χ1n) is 25.0. The lowest BCUT2D eigenvalue weighted by Crippen LogP contribution is -2.49. The van der Waals surface area contributed by atoms with Gasteiger partial charge in [-0.15, -0.1) is 0 Å². The number of hydrogen-bond acceptors (Lipinski definition) is 2. The number of para-hydroxylation sites is 2. The van der Waals surface area contributed by atoms with Gasteiger partial charge in [0.1, 0.15) is 0 Å². The molecule has 0 spiro atoms. The van der Waals surface area contributed by atoms with Crippen LogP contribution in [0.1, 0.15) is 117 Å². The molecule has 334 valence electrons. The second-order valence-electron chi connectivity index (χ2n) is 24.5. The minimum absolute atomic E-state index is 0.0147. The molecule has 0 bridgehead atoms. The summed E-state index contributed by atoms with van der Waals surface area (Å²) in [6.07, 6.45) is 4.64. The van der Waals surface area contributed by atoms with Crippen molar-refractivity contribution >= 4 is 44.3 Å². The fourth-order valence-corrected chi connectivity index (χ4v) is 16.2. The molecule has 13 rings (SSSR count). The molecule has 4 atom stereocenters. The Labute approximate surface area is 398 Å². The van der Waals surface area contributed by atoms with Crippen molar-refractivity contribution in [3.8, 4) is 33.4 Å². The zero-order valence-corrected chi connectivity index (χ0v) is 41.2. The summed E-state index contributed by atoms with van der Waals surface area (Å²) in [7, 11) is 0. The number of nitrogens with zero attached hydrogens (tertiary/aromatic N) is 2. The van der Waals surface area contributed by atoms with E-state index in [-0.39, 0.29) is 38.2 Å². The molecule has 2 saturated carbocycles. The third-order valence-electron chi connectivity index (χ3n) is 18.6. The Balaban J connectivity index is 0.926. The number of rotatable bonds is 4. The van der Waals surface area contributed by atoms with Crippen LogP contribution < -0.4 is 9.80 Å². The topological polar surface area (TPSA) is 6.48 Å². The van der Waals surface area contributed by atoms with Gasteiger partial charge in [-0.25, -0.2) is 0 Å². The second kappa shape index (κ2) is 13.1. The van der Waals surface area contributed by atoms with Crippen LogP contribution in [0.15, 0.2) is 158 Å². The van der Waals surface area contributed by atoms with Crippen LogP contribution in [0, 0.1) is 10.8 Å². The Bertz CT molecular complexity index is 3410. The smallest absolute Gasteiger partial charge is 0.0523 e. The number of benzene rings is 8. The summed E-state index contributed by atoms with van der Waals surface area (Å²) >= 11 is 0. The maximum Gasteiger partial charge on any atom is 0.0523 e. The monoisotopic (exact) mass is 873 g/mol. The van der Waals surface area contributed by atoms with Crippen molar-refractivity contribution in [3.05, 3.63) is 180 Å². The van der Waals surface area contributed by atoms with Crippen LogP contribution in [0.2, 0.25) is 0 Å². The van der Waals surface area contributed by atoms with E-state index >= 15 is 0 Å². The highest BCUT2D eigenvalue weighted by Crippen LogP contribution is 2.69. The van der Waals surface area contributed by atoms with Crippen LogP contribution in [-0.2, 0) is 16.2 Å². The molecule has 2 heteroatoms. The molecule has 0 N–H and O–H groups in total. The zero-order valence-electron chi connectivity index (χ0n) is 41.2. The number of hydrogen-bond donors (Lipinski definition) is 0. The SMILES string of the molecule is CC1(C)CC2(C)c3cc(-c4ccc5c(c4)C(C)(C)c4c-5c5ccccc5c5cc(-c6ccc7c(c6)C6(C)CC(C)(C)CC6(C)N7c6ccccc6)ccc45)ccc3N(c3ccccc3)C2(C)C1. The summed E-state index contributed by atoms with van der Waals surface area (Å²) in [4.78, 5) is 5.36. The normalized spacial score (nSPS) is 26.7. The van der Waals surface area contributed by atoms with Gasteiger partial charge in [0.2, 0.25) is 0 Å². The molecule has 2 heterocycles. The molecular formula is C65H64N2.